The van der Waals surface area contributed by atoms with Gasteiger partial charge >= 0.3 is 0 Å². The predicted octanol–water partition coefficient (Wildman–Crippen LogP) is 5.55. The Morgan fingerprint density at radius 2 is 1.72 bits per heavy atom. The van der Waals surface area contributed by atoms with Gasteiger partial charge in [0.05, 0.1) is 0 Å². The molecule has 32 heavy (non-hydrogen) atoms. The number of aromatic nitrogens is 3. The van der Waals surface area contributed by atoms with Gasteiger partial charge in [0.2, 0.25) is 5.95 Å². The Balaban J connectivity index is 1.50. The van der Waals surface area contributed by atoms with Crippen molar-refractivity contribution in [2.75, 3.05) is 10.6 Å². The first-order valence-electron chi connectivity index (χ1n) is 10.2. The number of rotatable bonds is 4. The van der Waals surface area contributed by atoms with Crippen molar-refractivity contribution in [2.45, 2.75) is 13.0 Å². The molecule has 3 aromatic carbocycles. The molecule has 158 valence electrons. The zero-order valence-electron chi connectivity index (χ0n) is 17.3. The minimum atomic E-state index is -0.298. The molecule has 0 fully saturated rings. The Bertz CT molecular complexity index is 1290. The molecule has 7 heteroatoms. The lowest BCUT2D eigenvalue weighted by molar-refractivity contribution is 0.102. The van der Waals surface area contributed by atoms with E-state index in [1.807, 2.05) is 30.3 Å². The summed E-state index contributed by atoms with van der Waals surface area (Å²) in [6.45, 7) is 2.06. The zero-order chi connectivity index (χ0) is 22.1. The van der Waals surface area contributed by atoms with Crippen LogP contribution in [0, 0.1) is 6.92 Å². The summed E-state index contributed by atoms with van der Waals surface area (Å²) in [5.74, 6) is 0.489. The van der Waals surface area contributed by atoms with Gasteiger partial charge in [0, 0.05) is 16.3 Å². The van der Waals surface area contributed by atoms with Crippen LogP contribution in [-0.2, 0) is 0 Å². The Morgan fingerprint density at radius 3 is 2.44 bits per heavy atom. The number of amides is 1. The third-order valence-corrected chi connectivity index (χ3v) is 5.55. The minimum Gasteiger partial charge on any atom is -0.324 e. The van der Waals surface area contributed by atoms with Crippen LogP contribution in [-0.4, -0.2) is 20.7 Å². The molecule has 4 aromatic rings. The van der Waals surface area contributed by atoms with Crippen LogP contribution < -0.4 is 10.6 Å². The van der Waals surface area contributed by atoms with Gasteiger partial charge in [-0.05, 0) is 48.4 Å². The van der Waals surface area contributed by atoms with Crippen molar-refractivity contribution in [1.29, 1.82) is 0 Å². The number of benzene rings is 3. The maximum absolute atomic E-state index is 12.6. The van der Waals surface area contributed by atoms with Crippen LogP contribution in [0.4, 0.5) is 11.9 Å². The second-order valence-corrected chi connectivity index (χ2v) is 8.03. The minimum absolute atomic E-state index is 0.171. The number of hydrogen-bond donors (Lipinski definition) is 2. The van der Waals surface area contributed by atoms with E-state index in [1.165, 1.54) is 5.56 Å². The Labute approximate surface area is 190 Å². The molecule has 0 bridgehead atoms. The lowest BCUT2D eigenvalue weighted by Gasteiger charge is -2.24. The van der Waals surface area contributed by atoms with Gasteiger partial charge in [0.15, 0.2) is 0 Å². The third kappa shape index (κ3) is 4.00. The Kier molecular flexibility index (Phi) is 5.21. The van der Waals surface area contributed by atoms with Gasteiger partial charge in [-0.3, -0.25) is 10.1 Å². The van der Waals surface area contributed by atoms with Crippen LogP contribution in [0.25, 0.3) is 5.70 Å². The van der Waals surface area contributed by atoms with Crippen molar-refractivity contribution in [3.8, 4) is 0 Å². The quantitative estimate of drug-likeness (QED) is 0.435. The number of hydrogen-bond acceptors (Lipinski definition) is 4. The van der Waals surface area contributed by atoms with Crippen molar-refractivity contribution in [3.63, 3.8) is 0 Å². The second-order valence-electron chi connectivity index (χ2n) is 7.59. The highest BCUT2D eigenvalue weighted by Crippen LogP contribution is 2.33. The summed E-state index contributed by atoms with van der Waals surface area (Å²) in [4.78, 5) is 17.2. The number of allylic oxidation sites excluding steroid dienone is 1. The first kappa shape index (κ1) is 20.0. The molecular weight excluding hydrogens is 422 g/mol. The molecule has 1 amide bonds. The van der Waals surface area contributed by atoms with E-state index in [9.17, 15) is 4.79 Å². The third-order valence-electron chi connectivity index (χ3n) is 5.30. The lowest BCUT2D eigenvalue weighted by Crippen LogP contribution is -2.20. The maximum Gasteiger partial charge on any atom is 0.258 e. The van der Waals surface area contributed by atoms with Crippen molar-refractivity contribution < 1.29 is 4.79 Å². The SMILES string of the molecule is Cc1ccc([C@@H]2C=C(c3ccccc3)Nc3nc(NC(=O)c4ccc(Cl)cc4)nn32)cc1. The predicted molar refractivity (Wildman–Crippen MR) is 127 cm³/mol. The molecule has 1 aliphatic rings. The number of anilines is 2. The Hall–Kier alpha value is -3.90. The fraction of sp³-hybridized carbons (Fsp3) is 0.0800. The fourth-order valence-electron chi connectivity index (χ4n) is 3.61. The van der Waals surface area contributed by atoms with Gasteiger partial charge in [-0.1, -0.05) is 71.8 Å². The van der Waals surface area contributed by atoms with E-state index in [0.717, 1.165) is 16.8 Å². The van der Waals surface area contributed by atoms with Crippen LogP contribution in [0.2, 0.25) is 5.02 Å². The zero-order valence-corrected chi connectivity index (χ0v) is 18.0. The van der Waals surface area contributed by atoms with Gasteiger partial charge in [-0.15, -0.1) is 5.10 Å². The number of aryl methyl sites for hydroxylation is 1. The van der Waals surface area contributed by atoms with E-state index in [2.05, 4.69) is 58.0 Å². The maximum atomic E-state index is 12.6. The molecule has 1 atom stereocenters. The highest BCUT2D eigenvalue weighted by molar-refractivity contribution is 6.30. The van der Waals surface area contributed by atoms with Crippen molar-refractivity contribution >= 4 is 35.1 Å². The lowest BCUT2D eigenvalue weighted by atomic mass is 10.0. The molecule has 6 nitrogen and oxygen atoms in total. The summed E-state index contributed by atoms with van der Waals surface area (Å²) in [5, 5.41) is 11.3. The van der Waals surface area contributed by atoms with Crippen LogP contribution >= 0.6 is 11.6 Å². The highest BCUT2D eigenvalue weighted by Gasteiger charge is 2.26. The molecule has 0 unspecified atom stereocenters. The van der Waals surface area contributed by atoms with Crippen molar-refractivity contribution in [3.05, 3.63) is 112 Å². The standard InChI is InChI=1S/C25H20ClN5O/c1-16-7-9-18(10-8-16)22-15-21(17-5-3-2-4-6-17)27-25-29-24(30-31(22)25)28-23(32)19-11-13-20(26)14-12-19/h2-15,22H,1H3,(H2,27,28,29,30,32)/t22-/m0/s1. The van der Waals surface area contributed by atoms with Gasteiger partial charge in [0.25, 0.3) is 11.9 Å². The molecule has 5 rings (SSSR count). The molecule has 0 saturated heterocycles. The molecule has 0 radical (unpaired) electrons. The monoisotopic (exact) mass is 441 g/mol. The van der Waals surface area contributed by atoms with Crippen molar-refractivity contribution in [2.24, 2.45) is 0 Å². The molecular formula is C25H20ClN5O. The molecule has 1 aliphatic heterocycles. The number of nitrogens with zero attached hydrogens (tertiary/aromatic N) is 3. The largest absolute Gasteiger partial charge is 0.324 e. The number of fused-ring (bicyclic) bond motifs is 1. The highest BCUT2D eigenvalue weighted by atomic mass is 35.5. The summed E-state index contributed by atoms with van der Waals surface area (Å²) in [6, 6.07) is 24.9. The molecule has 0 aliphatic carbocycles. The molecule has 2 heterocycles. The first-order valence-corrected chi connectivity index (χ1v) is 10.6. The number of nitrogens with one attached hydrogen (secondary N) is 2. The van der Waals surface area contributed by atoms with Crippen molar-refractivity contribution in [1.82, 2.24) is 14.8 Å². The summed E-state index contributed by atoms with van der Waals surface area (Å²) in [7, 11) is 0. The number of carbonyl (C=O) groups is 1. The van der Waals surface area contributed by atoms with E-state index >= 15 is 0 Å². The van der Waals surface area contributed by atoms with E-state index < -0.39 is 0 Å². The van der Waals surface area contributed by atoms with Crippen LogP contribution in [0.1, 0.15) is 33.1 Å². The van der Waals surface area contributed by atoms with Gasteiger partial charge in [0.1, 0.15) is 6.04 Å². The van der Waals surface area contributed by atoms with Gasteiger partial charge < -0.3 is 5.32 Å². The Morgan fingerprint density at radius 1 is 1.00 bits per heavy atom. The second kappa shape index (κ2) is 8.32. The first-order chi connectivity index (χ1) is 15.6. The number of carbonyl (C=O) groups excluding carboxylic acids is 1. The van der Waals surface area contributed by atoms with E-state index in [-0.39, 0.29) is 17.9 Å². The molecule has 2 N–H and O–H groups in total. The topological polar surface area (TPSA) is 71.8 Å². The van der Waals surface area contributed by atoms with Crippen LogP contribution in [0.3, 0.4) is 0 Å². The summed E-state index contributed by atoms with van der Waals surface area (Å²) >= 11 is 5.92. The van der Waals surface area contributed by atoms with Crippen LogP contribution in [0.15, 0.2) is 84.9 Å². The molecule has 0 saturated carbocycles. The van der Waals surface area contributed by atoms with E-state index in [0.29, 0.717) is 16.5 Å². The van der Waals surface area contributed by atoms with E-state index in [4.69, 9.17) is 11.6 Å². The fourth-order valence-corrected chi connectivity index (χ4v) is 3.73. The molecule has 1 aromatic heterocycles. The average Bonchev–Trinajstić information content (AvgIpc) is 3.22. The summed E-state index contributed by atoms with van der Waals surface area (Å²) < 4.78 is 1.79. The number of halogens is 1. The summed E-state index contributed by atoms with van der Waals surface area (Å²) in [6.07, 6.45) is 2.12. The smallest absolute Gasteiger partial charge is 0.258 e. The van der Waals surface area contributed by atoms with Gasteiger partial charge in [-0.25, -0.2) is 4.68 Å². The summed E-state index contributed by atoms with van der Waals surface area (Å²) in [5.41, 5.74) is 4.72. The molecule has 0 spiro atoms. The normalized spacial score (nSPS) is 14.8. The van der Waals surface area contributed by atoms with Gasteiger partial charge in [-0.2, -0.15) is 4.98 Å². The van der Waals surface area contributed by atoms with E-state index in [1.54, 1.807) is 28.9 Å². The van der Waals surface area contributed by atoms with Crippen LogP contribution in [0.5, 0.6) is 0 Å². The average molecular weight is 442 g/mol.